The van der Waals surface area contributed by atoms with Crippen LogP contribution in [0.1, 0.15) is 15.9 Å². The van der Waals surface area contributed by atoms with Crippen molar-refractivity contribution in [3.05, 3.63) is 69.5 Å². The molecule has 0 aliphatic heterocycles. The monoisotopic (exact) mass is 354 g/mol. The fourth-order valence-electron chi connectivity index (χ4n) is 2.04. The van der Waals surface area contributed by atoms with E-state index in [1.165, 1.54) is 18.2 Å². The van der Waals surface area contributed by atoms with E-state index in [9.17, 15) is 14.0 Å². The molecule has 0 spiro atoms. The number of amides is 2. The molecule has 23 heavy (non-hydrogen) atoms. The average Bonchev–Trinajstić information content (AvgIpc) is 2.50. The van der Waals surface area contributed by atoms with Gasteiger partial charge in [0.1, 0.15) is 11.9 Å². The standard InChI is InChI=1S/C16H13Cl2FN2O2/c17-11-5-3-6-12(18)10(11)8-14(15(20)22)21-16(23)9-4-1-2-7-13(9)19/h1-7,14H,8H2,(H2,20,22)(H,21,23)/t14-/m0/s1. The Kier molecular flexibility index (Phi) is 5.58. The summed E-state index contributed by atoms with van der Waals surface area (Å²) < 4.78 is 13.6. The van der Waals surface area contributed by atoms with Gasteiger partial charge in [-0.25, -0.2) is 4.39 Å². The maximum Gasteiger partial charge on any atom is 0.254 e. The molecule has 7 heteroatoms. The number of hydrogen-bond donors (Lipinski definition) is 2. The lowest BCUT2D eigenvalue weighted by Gasteiger charge is -2.17. The zero-order chi connectivity index (χ0) is 17.0. The summed E-state index contributed by atoms with van der Waals surface area (Å²) in [6.07, 6.45) is 0.00797. The molecule has 4 nitrogen and oxygen atoms in total. The van der Waals surface area contributed by atoms with Crippen molar-refractivity contribution in [1.82, 2.24) is 5.32 Å². The van der Waals surface area contributed by atoms with Crippen molar-refractivity contribution in [2.24, 2.45) is 5.73 Å². The highest BCUT2D eigenvalue weighted by molar-refractivity contribution is 6.36. The molecule has 2 aromatic rings. The third-order valence-corrected chi connectivity index (χ3v) is 3.95. The van der Waals surface area contributed by atoms with E-state index in [1.54, 1.807) is 18.2 Å². The zero-order valence-electron chi connectivity index (χ0n) is 11.9. The summed E-state index contributed by atoms with van der Waals surface area (Å²) in [6, 6.07) is 9.25. The number of nitrogens with one attached hydrogen (secondary N) is 1. The molecule has 1 atom stereocenters. The maximum atomic E-state index is 13.6. The zero-order valence-corrected chi connectivity index (χ0v) is 13.4. The molecule has 0 saturated heterocycles. The third-order valence-electron chi connectivity index (χ3n) is 3.24. The summed E-state index contributed by atoms with van der Waals surface area (Å²) in [4.78, 5) is 23.7. The first kappa shape index (κ1) is 17.2. The molecule has 0 aliphatic rings. The van der Waals surface area contributed by atoms with Crippen molar-refractivity contribution in [3.63, 3.8) is 0 Å². The molecule has 2 aromatic carbocycles. The second kappa shape index (κ2) is 7.44. The Hall–Kier alpha value is -2.11. The highest BCUT2D eigenvalue weighted by Crippen LogP contribution is 2.25. The molecule has 0 aromatic heterocycles. The molecule has 0 heterocycles. The van der Waals surface area contributed by atoms with Crippen LogP contribution >= 0.6 is 23.2 Å². The van der Waals surface area contributed by atoms with Gasteiger partial charge in [-0.1, -0.05) is 41.4 Å². The Morgan fingerprint density at radius 3 is 2.26 bits per heavy atom. The first-order valence-corrected chi connectivity index (χ1v) is 7.43. The van der Waals surface area contributed by atoms with E-state index >= 15 is 0 Å². The molecule has 2 amide bonds. The smallest absolute Gasteiger partial charge is 0.254 e. The number of primary amides is 1. The van der Waals surface area contributed by atoms with E-state index in [0.29, 0.717) is 15.6 Å². The van der Waals surface area contributed by atoms with Crippen LogP contribution in [0.2, 0.25) is 10.0 Å². The van der Waals surface area contributed by atoms with E-state index in [1.807, 2.05) is 0 Å². The van der Waals surface area contributed by atoms with Crippen LogP contribution in [0.15, 0.2) is 42.5 Å². The van der Waals surface area contributed by atoms with Gasteiger partial charge in [0.2, 0.25) is 5.91 Å². The molecule has 0 saturated carbocycles. The van der Waals surface area contributed by atoms with Gasteiger partial charge in [-0.2, -0.15) is 0 Å². The van der Waals surface area contributed by atoms with Crippen molar-refractivity contribution in [1.29, 1.82) is 0 Å². The van der Waals surface area contributed by atoms with Gasteiger partial charge >= 0.3 is 0 Å². The summed E-state index contributed by atoms with van der Waals surface area (Å²) in [7, 11) is 0. The van der Waals surface area contributed by atoms with Crippen molar-refractivity contribution < 1.29 is 14.0 Å². The summed E-state index contributed by atoms with van der Waals surface area (Å²) in [5, 5.41) is 3.11. The van der Waals surface area contributed by atoms with Crippen LogP contribution in [0.5, 0.6) is 0 Å². The fourth-order valence-corrected chi connectivity index (χ4v) is 2.59. The van der Waals surface area contributed by atoms with Crippen LogP contribution in [0.25, 0.3) is 0 Å². The number of benzene rings is 2. The van der Waals surface area contributed by atoms with Gasteiger partial charge in [0, 0.05) is 16.5 Å². The number of halogens is 3. The molecule has 0 aliphatic carbocycles. The Labute approximate surface area is 142 Å². The van der Waals surface area contributed by atoms with Crippen LogP contribution in [0.3, 0.4) is 0 Å². The van der Waals surface area contributed by atoms with Crippen molar-refractivity contribution in [2.75, 3.05) is 0 Å². The lowest BCUT2D eigenvalue weighted by Crippen LogP contribution is -2.46. The van der Waals surface area contributed by atoms with Crippen LogP contribution in [-0.2, 0) is 11.2 Å². The second-order valence-corrected chi connectivity index (χ2v) is 5.63. The molecule has 2 rings (SSSR count). The molecule has 0 fully saturated rings. The lowest BCUT2D eigenvalue weighted by atomic mass is 10.0. The first-order valence-electron chi connectivity index (χ1n) is 6.67. The SMILES string of the molecule is NC(=O)[C@H](Cc1c(Cl)cccc1Cl)NC(=O)c1ccccc1F. The fraction of sp³-hybridized carbons (Fsp3) is 0.125. The Bertz CT molecular complexity index is 732. The molecule has 120 valence electrons. The quantitative estimate of drug-likeness (QED) is 0.866. The van der Waals surface area contributed by atoms with Gasteiger partial charge in [0.05, 0.1) is 5.56 Å². The molecule has 0 radical (unpaired) electrons. The van der Waals surface area contributed by atoms with Gasteiger partial charge in [-0.15, -0.1) is 0 Å². The van der Waals surface area contributed by atoms with Crippen LogP contribution in [-0.4, -0.2) is 17.9 Å². The van der Waals surface area contributed by atoms with E-state index in [2.05, 4.69) is 5.32 Å². The van der Waals surface area contributed by atoms with Crippen molar-refractivity contribution in [2.45, 2.75) is 12.5 Å². The minimum atomic E-state index is -1.07. The van der Waals surface area contributed by atoms with Gasteiger partial charge < -0.3 is 11.1 Å². The summed E-state index contributed by atoms with van der Waals surface area (Å²) >= 11 is 12.1. The Morgan fingerprint density at radius 2 is 1.70 bits per heavy atom. The van der Waals surface area contributed by atoms with E-state index in [-0.39, 0.29) is 12.0 Å². The summed E-state index contributed by atoms with van der Waals surface area (Å²) in [5.41, 5.74) is 5.62. The van der Waals surface area contributed by atoms with E-state index in [0.717, 1.165) is 6.07 Å². The van der Waals surface area contributed by atoms with Crippen LogP contribution in [0.4, 0.5) is 4.39 Å². The molecule has 0 bridgehead atoms. The minimum Gasteiger partial charge on any atom is -0.368 e. The topological polar surface area (TPSA) is 72.2 Å². The third kappa shape index (κ3) is 4.21. The summed E-state index contributed by atoms with van der Waals surface area (Å²) in [6.45, 7) is 0. The number of carbonyl (C=O) groups is 2. The van der Waals surface area contributed by atoms with Gasteiger partial charge in [0.25, 0.3) is 5.91 Å². The van der Waals surface area contributed by atoms with Crippen LogP contribution in [0, 0.1) is 5.82 Å². The maximum absolute atomic E-state index is 13.6. The minimum absolute atomic E-state index is 0.00797. The van der Waals surface area contributed by atoms with E-state index in [4.69, 9.17) is 28.9 Å². The Balaban J connectivity index is 2.22. The highest BCUT2D eigenvalue weighted by Gasteiger charge is 2.23. The number of rotatable bonds is 5. The average molecular weight is 355 g/mol. The van der Waals surface area contributed by atoms with Crippen LogP contribution < -0.4 is 11.1 Å². The second-order valence-electron chi connectivity index (χ2n) is 4.81. The van der Waals surface area contributed by atoms with Crippen molar-refractivity contribution in [3.8, 4) is 0 Å². The van der Waals surface area contributed by atoms with E-state index < -0.39 is 23.7 Å². The molecular formula is C16H13Cl2FN2O2. The summed E-state index contributed by atoms with van der Waals surface area (Å²) in [5.74, 6) is -2.20. The molecule has 3 N–H and O–H groups in total. The predicted molar refractivity (Wildman–Crippen MR) is 87.0 cm³/mol. The molecule has 0 unspecified atom stereocenters. The van der Waals surface area contributed by atoms with Gasteiger partial charge in [-0.3, -0.25) is 9.59 Å². The number of hydrogen-bond acceptors (Lipinski definition) is 2. The predicted octanol–water partition coefficient (Wildman–Crippen LogP) is 2.96. The Morgan fingerprint density at radius 1 is 1.09 bits per heavy atom. The lowest BCUT2D eigenvalue weighted by molar-refractivity contribution is -0.119. The normalized spacial score (nSPS) is 11.8. The largest absolute Gasteiger partial charge is 0.368 e. The molecular weight excluding hydrogens is 342 g/mol. The number of nitrogens with two attached hydrogens (primary N) is 1. The highest BCUT2D eigenvalue weighted by atomic mass is 35.5. The van der Waals surface area contributed by atoms with Gasteiger partial charge in [0.15, 0.2) is 0 Å². The first-order chi connectivity index (χ1) is 10.9. The van der Waals surface area contributed by atoms with Gasteiger partial charge in [-0.05, 0) is 29.8 Å². The number of carbonyl (C=O) groups excluding carboxylic acids is 2. The van der Waals surface area contributed by atoms with Crippen molar-refractivity contribution >= 4 is 35.0 Å².